The molecule has 26 heavy (non-hydrogen) atoms. The number of aromatic nitrogens is 2. The fourth-order valence-corrected chi connectivity index (χ4v) is 4.01. The number of morpholine rings is 1. The molecular weight excluding hydrogens is 332 g/mol. The average Bonchev–Trinajstić information content (AvgIpc) is 3.11. The van der Waals surface area contributed by atoms with Crippen molar-refractivity contribution in [3.63, 3.8) is 0 Å². The molecule has 0 bridgehead atoms. The Hall–Kier alpha value is -1.44. The molecule has 0 radical (unpaired) electrons. The van der Waals surface area contributed by atoms with Gasteiger partial charge < -0.3 is 14.7 Å². The predicted octanol–water partition coefficient (Wildman–Crippen LogP) is 1.05. The van der Waals surface area contributed by atoms with Crippen molar-refractivity contribution in [1.29, 1.82) is 0 Å². The van der Waals surface area contributed by atoms with Crippen LogP contribution in [-0.4, -0.2) is 82.5 Å². The number of β-amino-alcohol motifs (C(OH)–C–C–N with tert-alkyl or cyclic N) is 1. The number of aliphatic hydroxyl groups is 1. The molecule has 1 amide bonds. The predicted molar refractivity (Wildman–Crippen MR) is 98.7 cm³/mol. The van der Waals surface area contributed by atoms with Crippen molar-refractivity contribution in [2.75, 3.05) is 45.9 Å². The first kappa shape index (κ1) is 19.3. The number of aromatic amines is 1. The van der Waals surface area contributed by atoms with Gasteiger partial charge in [0.15, 0.2) is 0 Å². The van der Waals surface area contributed by atoms with Gasteiger partial charge in [0, 0.05) is 50.8 Å². The van der Waals surface area contributed by atoms with Crippen LogP contribution in [0.2, 0.25) is 0 Å². The molecule has 2 aliphatic rings. The molecule has 7 heteroatoms. The third kappa shape index (κ3) is 4.45. The summed E-state index contributed by atoms with van der Waals surface area (Å²) in [5.74, 6) is 0.190. The van der Waals surface area contributed by atoms with Gasteiger partial charge in [-0.3, -0.25) is 14.8 Å². The lowest BCUT2D eigenvalue weighted by molar-refractivity contribution is -0.157. The van der Waals surface area contributed by atoms with Gasteiger partial charge >= 0.3 is 0 Å². The van der Waals surface area contributed by atoms with Gasteiger partial charge in [-0.05, 0) is 24.8 Å². The summed E-state index contributed by atoms with van der Waals surface area (Å²) in [5.41, 5.74) is 0.0402. The molecule has 0 spiro atoms. The van der Waals surface area contributed by atoms with E-state index in [9.17, 15) is 9.90 Å². The smallest absolute Gasteiger partial charge is 0.222 e. The van der Waals surface area contributed by atoms with Crippen LogP contribution >= 0.6 is 0 Å². The van der Waals surface area contributed by atoms with Gasteiger partial charge in [0.25, 0.3) is 0 Å². The Kier molecular flexibility index (Phi) is 5.99. The molecule has 2 fully saturated rings. The fourth-order valence-electron chi connectivity index (χ4n) is 4.01. The Morgan fingerprint density at radius 3 is 2.77 bits per heavy atom. The van der Waals surface area contributed by atoms with E-state index in [1.165, 1.54) is 0 Å². The Bertz CT molecular complexity index is 584. The zero-order chi connectivity index (χ0) is 18.6. The van der Waals surface area contributed by atoms with Crippen LogP contribution < -0.4 is 0 Å². The first-order valence-electron chi connectivity index (χ1n) is 9.68. The molecule has 2 aliphatic heterocycles. The number of nitrogens with one attached hydrogen (secondary N) is 1. The molecule has 2 N–H and O–H groups in total. The molecule has 0 unspecified atom stereocenters. The number of ether oxygens (including phenoxy) is 1. The Balaban J connectivity index is 1.50. The lowest BCUT2D eigenvalue weighted by Crippen LogP contribution is -2.63. The molecule has 0 aliphatic carbocycles. The summed E-state index contributed by atoms with van der Waals surface area (Å²) in [4.78, 5) is 16.8. The Labute approximate surface area is 155 Å². The molecule has 1 aromatic rings. The normalized spacial score (nSPS) is 26.8. The fraction of sp³-hybridized carbons (Fsp3) is 0.789. The summed E-state index contributed by atoms with van der Waals surface area (Å²) in [6, 6.07) is 0. The van der Waals surface area contributed by atoms with Crippen molar-refractivity contribution in [1.82, 2.24) is 20.0 Å². The highest BCUT2D eigenvalue weighted by Gasteiger charge is 2.49. The molecule has 0 aromatic carbocycles. The summed E-state index contributed by atoms with van der Waals surface area (Å²) >= 11 is 0. The summed E-state index contributed by atoms with van der Waals surface area (Å²) in [5, 5.41) is 18.1. The number of piperidine rings is 1. The zero-order valence-corrected chi connectivity index (χ0v) is 16.0. The SMILES string of the molecule is CC1(C)CN(C(=O)CCCc2cn[nH]c2)CC[C@@]1(O)CN1CCOCC1. The number of H-pyrrole nitrogens is 1. The lowest BCUT2D eigenvalue weighted by atomic mass is 9.69. The molecule has 146 valence electrons. The first-order valence-corrected chi connectivity index (χ1v) is 9.68. The van der Waals surface area contributed by atoms with Gasteiger partial charge in [-0.25, -0.2) is 0 Å². The third-order valence-corrected chi connectivity index (χ3v) is 5.99. The van der Waals surface area contributed by atoms with Crippen LogP contribution in [-0.2, 0) is 16.0 Å². The molecular formula is C19H32N4O3. The summed E-state index contributed by atoms with van der Waals surface area (Å²) in [6.07, 6.45) is 6.54. The number of carbonyl (C=O) groups is 1. The van der Waals surface area contributed by atoms with E-state index in [0.29, 0.717) is 32.5 Å². The van der Waals surface area contributed by atoms with Crippen LogP contribution in [0.3, 0.4) is 0 Å². The second-order valence-electron chi connectivity index (χ2n) is 8.33. The summed E-state index contributed by atoms with van der Waals surface area (Å²) in [7, 11) is 0. The van der Waals surface area contributed by atoms with Gasteiger partial charge in [-0.15, -0.1) is 0 Å². The van der Waals surface area contributed by atoms with Crippen LogP contribution in [0.4, 0.5) is 0 Å². The highest BCUT2D eigenvalue weighted by molar-refractivity contribution is 5.76. The summed E-state index contributed by atoms with van der Waals surface area (Å²) < 4.78 is 5.40. The standard InChI is InChI=1S/C19H32N4O3/c1-18(2)14-23(17(24)5-3-4-16-12-20-21-13-16)7-6-19(18,25)15-22-8-10-26-11-9-22/h12-13,25H,3-11,14-15H2,1-2H3,(H,20,21)/t19-/m1/s1. The van der Waals surface area contributed by atoms with Crippen LogP contribution in [0, 0.1) is 5.41 Å². The van der Waals surface area contributed by atoms with Gasteiger partial charge in [-0.1, -0.05) is 13.8 Å². The van der Waals surface area contributed by atoms with Crippen molar-refractivity contribution < 1.29 is 14.6 Å². The molecule has 2 saturated heterocycles. The quantitative estimate of drug-likeness (QED) is 0.789. The maximum Gasteiger partial charge on any atom is 0.222 e. The number of aryl methyl sites for hydroxylation is 1. The largest absolute Gasteiger partial charge is 0.388 e. The van der Waals surface area contributed by atoms with E-state index < -0.39 is 5.60 Å². The van der Waals surface area contributed by atoms with Crippen LogP contribution in [0.25, 0.3) is 0 Å². The van der Waals surface area contributed by atoms with Crippen LogP contribution in [0.15, 0.2) is 12.4 Å². The van der Waals surface area contributed by atoms with Crippen molar-refractivity contribution in [2.24, 2.45) is 5.41 Å². The Morgan fingerprint density at radius 2 is 2.12 bits per heavy atom. The minimum atomic E-state index is -0.766. The van der Waals surface area contributed by atoms with Gasteiger partial charge in [-0.2, -0.15) is 5.10 Å². The van der Waals surface area contributed by atoms with Crippen molar-refractivity contribution in [3.8, 4) is 0 Å². The van der Waals surface area contributed by atoms with E-state index in [1.807, 2.05) is 11.1 Å². The highest BCUT2D eigenvalue weighted by Crippen LogP contribution is 2.39. The number of carbonyl (C=O) groups excluding carboxylic acids is 1. The number of amides is 1. The van der Waals surface area contributed by atoms with E-state index in [-0.39, 0.29) is 11.3 Å². The summed E-state index contributed by atoms with van der Waals surface area (Å²) in [6.45, 7) is 9.27. The zero-order valence-electron chi connectivity index (χ0n) is 16.0. The second-order valence-corrected chi connectivity index (χ2v) is 8.33. The monoisotopic (exact) mass is 364 g/mol. The van der Waals surface area contributed by atoms with E-state index in [0.717, 1.165) is 44.7 Å². The number of nitrogens with zero attached hydrogens (tertiary/aromatic N) is 3. The molecule has 1 aromatic heterocycles. The Morgan fingerprint density at radius 1 is 1.35 bits per heavy atom. The number of hydrogen-bond donors (Lipinski definition) is 2. The molecule has 1 atom stereocenters. The van der Waals surface area contributed by atoms with Crippen molar-refractivity contribution in [3.05, 3.63) is 18.0 Å². The van der Waals surface area contributed by atoms with E-state index in [4.69, 9.17) is 4.74 Å². The van der Waals surface area contributed by atoms with E-state index in [2.05, 4.69) is 28.9 Å². The topological polar surface area (TPSA) is 81.7 Å². The number of rotatable bonds is 6. The molecule has 7 nitrogen and oxygen atoms in total. The van der Waals surface area contributed by atoms with Crippen molar-refractivity contribution >= 4 is 5.91 Å². The third-order valence-electron chi connectivity index (χ3n) is 5.99. The highest BCUT2D eigenvalue weighted by atomic mass is 16.5. The van der Waals surface area contributed by atoms with E-state index in [1.54, 1.807) is 6.20 Å². The molecule has 3 rings (SSSR count). The van der Waals surface area contributed by atoms with Crippen molar-refractivity contribution in [2.45, 2.75) is 45.1 Å². The molecule has 3 heterocycles. The van der Waals surface area contributed by atoms with Gasteiger partial charge in [0.05, 0.1) is 25.0 Å². The number of hydrogen-bond acceptors (Lipinski definition) is 5. The van der Waals surface area contributed by atoms with Gasteiger partial charge in [0.2, 0.25) is 5.91 Å². The maximum atomic E-state index is 12.6. The average molecular weight is 364 g/mol. The minimum absolute atomic E-state index is 0.190. The minimum Gasteiger partial charge on any atom is -0.388 e. The number of likely N-dealkylation sites (tertiary alicyclic amines) is 1. The van der Waals surface area contributed by atoms with Crippen LogP contribution in [0.1, 0.15) is 38.7 Å². The first-order chi connectivity index (χ1) is 12.4. The lowest BCUT2D eigenvalue weighted by Gasteiger charge is -2.52. The van der Waals surface area contributed by atoms with Gasteiger partial charge in [0.1, 0.15) is 0 Å². The maximum absolute atomic E-state index is 12.6. The van der Waals surface area contributed by atoms with Crippen LogP contribution in [0.5, 0.6) is 0 Å². The van der Waals surface area contributed by atoms with E-state index >= 15 is 0 Å². The molecule has 0 saturated carbocycles. The second kappa shape index (κ2) is 8.06.